The molecular weight excluding hydrogens is 356 g/mol. The Kier molecular flexibility index (Phi) is 4.41. The van der Waals surface area contributed by atoms with Crippen molar-refractivity contribution in [1.29, 1.82) is 0 Å². The normalized spacial score (nSPS) is 10.9. The van der Waals surface area contributed by atoms with Crippen LogP contribution in [0.3, 0.4) is 0 Å². The molecule has 0 unspecified atom stereocenters. The lowest BCUT2D eigenvalue weighted by atomic mass is 10.1. The molecule has 0 saturated carbocycles. The maximum atomic E-state index is 12.4. The van der Waals surface area contributed by atoms with Crippen molar-refractivity contribution in [2.45, 2.75) is 13.5 Å². The minimum Gasteiger partial charge on any atom is -0.341 e. The topological polar surface area (TPSA) is 89.2 Å². The van der Waals surface area contributed by atoms with Crippen LogP contribution >= 0.6 is 0 Å². The summed E-state index contributed by atoms with van der Waals surface area (Å²) in [6.07, 6.45) is 0. The number of amides is 2. The van der Waals surface area contributed by atoms with Gasteiger partial charge in [-0.3, -0.25) is 10.1 Å². The SMILES string of the molecule is CCn1c2ccccc2c2cc(NC(=O)Nc3ccccc3[N+](=O)[O-])ccc21. The van der Waals surface area contributed by atoms with Crippen LogP contribution in [-0.2, 0) is 6.54 Å². The molecule has 0 spiro atoms. The van der Waals surface area contributed by atoms with Crippen molar-refractivity contribution in [2.24, 2.45) is 0 Å². The number of hydrogen-bond acceptors (Lipinski definition) is 3. The Hall–Kier alpha value is -3.87. The van der Waals surface area contributed by atoms with Gasteiger partial charge < -0.3 is 15.2 Å². The van der Waals surface area contributed by atoms with Gasteiger partial charge >= 0.3 is 6.03 Å². The first kappa shape index (κ1) is 17.5. The predicted octanol–water partition coefficient (Wildman–Crippen LogP) is 5.37. The second-order valence-electron chi connectivity index (χ2n) is 6.35. The highest BCUT2D eigenvalue weighted by Gasteiger charge is 2.15. The third kappa shape index (κ3) is 3.03. The summed E-state index contributed by atoms with van der Waals surface area (Å²) >= 11 is 0. The van der Waals surface area contributed by atoms with E-state index < -0.39 is 11.0 Å². The number of nitrogens with zero attached hydrogens (tertiary/aromatic N) is 2. The summed E-state index contributed by atoms with van der Waals surface area (Å²) in [6.45, 7) is 2.94. The smallest absolute Gasteiger partial charge is 0.323 e. The summed E-state index contributed by atoms with van der Waals surface area (Å²) in [6, 6.07) is 19.3. The predicted molar refractivity (Wildman–Crippen MR) is 111 cm³/mol. The number of aromatic nitrogens is 1. The van der Waals surface area contributed by atoms with Gasteiger partial charge in [0.1, 0.15) is 5.69 Å². The third-order valence-corrected chi connectivity index (χ3v) is 4.70. The summed E-state index contributed by atoms with van der Waals surface area (Å²) in [5.41, 5.74) is 2.84. The molecule has 4 rings (SSSR count). The fraction of sp³-hybridized carbons (Fsp3) is 0.0952. The molecule has 0 radical (unpaired) electrons. The molecule has 140 valence electrons. The van der Waals surface area contributed by atoms with Crippen LogP contribution in [-0.4, -0.2) is 15.5 Å². The molecule has 0 aliphatic carbocycles. The minimum atomic E-state index is -0.534. The Balaban J connectivity index is 1.65. The van der Waals surface area contributed by atoms with E-state index in [2.05, 4.69) is 34.3 Å². The number of para-hydroxylation sites is 3. The van der Waals surface area contributed by atoms with Gasteiger partial charge in [0.15, 0.2) is 0 Å². The summed E-state index contributed by atoms with van der Waals surface area (Å²) in [5.74, 6) is 0. The summed E-state index contributed by atoms with van der Waals surface area (Å²) in [5, 5.41) is 18.6. The van der Waals surface area contributed by atoms with Crippen molar-refractivity contribution in [3.63, 3.8) is 0 Å². The number of hydrogen-bond donors (Lipinski definition) is 2. The molecule has 3 aromatic carbocycles. The molecule has 2 amide bonds. The van der Waals surface area contributed by atoms with Crippen molar-refractivity contribution in [3.05, 3.63) is 76.8 Å². The second-order valence-corrected chi connectivity index (χ2v) is 6.35. The maximum Gasteiger partial charge on any atom is 0.323 e. The molecular formula is C21H18N4O3. The van der Waals surface area contributed by atoms with Crippen LogP contribution in [0.15, 0.2) is 66.7 Å². The van der Waals surface area contributed by atoms with Gasteiger partial charge in [0.05, 0.1) is 4.92 Å². The van der Waals surface area contributed by atoms with E-state index in [0.29, 0.717) is 5.69 Å². The molecule has 4 aromatic rings. The van der Waals surface area contributed by atoms with Crippen LogP contribution < -0.4 is 10.6 Å². The quantitative estimate of drug-likeness (QED) is 0.372. The van der Waals surface area contributed by atoms with Crippen LogP contribution in [0.25, 0.3) is 21.8 Å². The Labute approximate surface area is 160 Å². The van der Waals surface area contributed by atoms with Gasteiger partial charge in [-0.25, -0.2) is 4.79 Å². The summed E-state index contributed by atoms with van der Waals surface area (Å²) in [7, 11) is 0. The third-order valence-electron chi connectivity index (χ3n) is 4.70. The van der Waals surface area contributed by atoms with Crippen molar-refractivity contribution >= 4 is 44.9 Å². The Bertz CT molecular complexity index is 1210. The number of benzene rings is 3. The number of aryl methyl sites for hydroxylation is 1. The van der Waals surface area contributed by atoms with Gasteiger partial charge in [-0.2, -0.15) is 0 Å². The zero-order chi connectivity index (χ0) is 19.7. The molecule has 7 heteroatoms. The van der Waals surface area contributed by atoms with E-state index in [0.717, 1.165) is 28.4 Å². The number of anilines is 2. The highest BCUT2D eigenvalue weighted by molar-refractivity contribution is 6.10. The highest BCUT2D eigenvalue weighted by Crippen LogP contribution is 2.31. The fourth-order valence-corrected chi connectivity index (χ4v) is 3.50. The van der Waals surface area contributed by atoms with Crippen LogP contribution in [0.2, 0.25) is 0 Å². The molecule has 0 bridgehead atoms. The first-order valence-electron chi connectivity index (χ1n) is 8.91. The number of urea groups is 1. The van der Waals surface area contributed by atoms with Gasteiger partial charge in [-0.15, -0.1) is 0 Å². The zero-order valence-electron chi connectivity index (χ0n) is 15.2. The molecule has 0 aliphatic heterocycles. The maximum absolute atomic E-state index is 12.4. The van der Waals surface area contributed by atoms with Gasteiger partial charge in [0, 0.05) is 40.1 Å². The van der Waals surface area contributed by atoms with Crippen LogP contribution in [0.5, 0.6) is 0 Å². The van der Waals surface area contributed by atoms with Gasteiger partial charge in [0.25, 0.3) is 5.69 Å². The summed E-state index contributed by atoms with van der Waals surface area (Å²) < 4.78 is 2.22. The lowest BCUT2D eigenvalue weighted by Crippen LogP contribution is -2.20. The molecule has 0 fully saturated rings. The van der Waals surface area contributed by atoms with Gasteiger partial charge in [-0.1, -0.05) is 30.3 Å². The average molecular weight is 374 g/mol. The number of nitrogens with one attached hydrogen (secondary N) is 2. The molecule has 0 saturated heterocycles. The number of nitro benzene ring substituents is 1. The van der Waals surface area contributed by atoms with Crippen molar-refractivity contribution in [1.82, 2.24) is 4.57 Å². The number of rotatable bonds is 4. The van der Waals surface area contributed by atoms with Gasteiger partial charge in [0.2, 0.25) is 0 Å². The summed E-state index contributed by atoms with van der Waals surface area (Å²) in [4.78, 5) is 22.9. The van der Waals surface area contributed by atoms with E-state index in [1.807, 2.05) is 30.3 Å². The molecule has 0 atom stereocenters. The van der Waals surface area contributed by atoms with E-state index in [1.54, 1.807) is 12.1 Å². The average Bonchev–Trinajstić information content (AvgIpc) is 3.01. The monoisotopic (exact) mass is 374 g/mol. The van der Waals surface area contributed by atoms with E-state index in [4.69, 9.17) is 0 Å². The number of carbonyl (C=O) groups is 1. The van der Waals surface area contributed by atoms with E-state index in [1.165, 1.54) is 12.1 Å². The number of carbonyl (C=O) groups excluding carboxylic acids is 1. The van der Waals surface area contributed by atoms with Crippen molar-refractivity contribution < 1.29 is 9.72 Å². The van der Waals surface area contributed by atoms with Crippen LogP contribution in [0, 0.1) is 10.1 Å². The Morgan fingerprint density at radius 3 is 2.46 bits per heavy atom. The second kappa shape index (κ2) is 7.03. The van der Waals surface area contributed by atoms with E-state index >= 15 is 0 Å². The number of fused-ring (bicyclic) bond motifs is 3. The molecule has 1 heterocycles. The molecule has 28 heavy (non-hydrogen) atoms. The fourth-order valence-electron chi connectivity index (χ4n) is 3.50. The van der Waals surface area contributed by atoms with Crippen LogP contribution in [0.4, 0.5) is 21.9 Å². The molecule has 0 aliphatic rings. The lowest BCUT2D eigenvalue weighted by molar-refractivity contribution is -0.383. The Morgan fingerprint density at radius 2 is 1.68 bits per heavy atom. The van der Waals surface area contributed by atoms with Crippen molar-refractivity contribution in [3.8, 4) is 0 Å². The van der Waals surface area contributed by atoms with Crippen molar-refractivity contribution in [2.75, 3.05) is 10.6 Å². The lowest BCUT2D eigenvalue weighted by Gasteiger charge is -2.09. The Morgan fingerprint density at radius 1 is 0.964 bits per heavy atom. The van der Waals surface area contributed by atoms with E-state index in [-0.39, 0.29) is 11.4 Å². The largest absolute Gasteiger partial charge is 0.341 e. The zero-order valence-corrected chi connectivity index (χ0v) is 15.2. The molecule has 7 nitrogen and oxygen atoms in total. The van der Waals surface area contributed by atoms with Gasteiger partial charge in [-0.05, 0) is 37.3 Å². The minimum absolute atomic E-state index is 0.147. The first-order valence-corrected chi connectivity index (χ1v) is 8.91. The standard InChI is InChI=1S/C21H18N4O3/c1-2-24-18-9-5-3-7-15(18)16-13-14(11-12-19(16)24)22-21(26)23-17-8-4-6-10-20(17)25(27)28/h3-13H,2H2,1H3,(H2,22,23,26). The van der Waals surface area contributed by atoms with Crippen LogP contribution in [0.1, 0.15) is 6.92 Å². The first-order chi connectivity index (χ1) is 13.6. The molecule has 1 aromatic heterocycles. The number of nitro groups is 1. The molecule has 2 N–H and O–H groups in total. The van der Waals surface area contributed by atoms with E-state index in [9.17, 15) is 14.9 Å². The highest BCUT2D eigenvalue weighted by atomic mass is 16.6.